The van der Waals surface area contributed by atoms with E-state index in [9.17, 15) is 10.1 Å². The number of pyridine rings is 1. The smallest absolute Gasteiger partial charge is 0.276 e. The van der Waals surface area contributed by atoms with Gasteiger partial charge < -0.3 is 11.1 Å². The van der Waals surface area contributed by atoms with Gasteiger partial charge in [0.1, 0.15) is 11.6 Å². The van der Waals surface area contributed by atoms with Crippen molar-refractivity contribution in [1.29, 1.82) is 0 Å². The van der Waals surface area contributed by atoms with Gasteiger partial charge in [-0.2, -0.15) is 0 Å². The summed E-state index contributed by atoms with van der Waals surface area (Å²) < 4.78 is 0. The number of nitro groups is 1. The van der Waals surface area contributed by atoms with Crippen LogP contribution in [0.3, 0.4) is 0 Å². The molecule has 0 atom stereocenters. The number of aromatic nitrogens is 1. The van der Waals surface area contributed by atoms with Crippen molar-refractivity contribution in [3.8, 4) is 0 Å². The van der Waals surface area contributed by atoms with Gasteiger partial charge in [0.05, 0.1) is 17.1 Å². The number of nitrogen functional groups attached to an aromatic ring is 1. The summed E-state index contributed by atoms with van der Waals surface area (Å²) in [5.74, 6) is 0.651. The molecule has 1 aliphatic rings. The first-order chi connectivity index (χ1) is 8.48. The van der Waals surface area contributed by atoms with Crippen molar-refractivity contribution < 1.29 is 4.92 Å². The summed E-state index contributed by atoms with van der Waals surface area (Å²) in [6.45, 7) is 3.01. The van der Waals surface area contributed by atoms with Crippen LogP contribution >= 0.6 is 0 Å². The summed E-state index contributed by atoms with van der Waals surface area (Å²) in [6.07, 6.45) is 4.88. The average molecular weight is 250 g/mol. The van der Waals surface area contributed by atoms with Gasteiger partial charge in [0.2, 0.25) is 0 Å². The molecule has 0 aliphatic heterocycles. The first kappa shape index (κ1) is 12.6. The topological polar surface area (TPSA) is 94.1 Å². The maximum absolute atomic E-state index is 10.7. The fourth-order valence-corrected chi connectivity index (χ4v) is 2.44. The van der Waals surface area contributed by atoms with Crippen LogP contribution in [0.1, 0.15) is 32.6 Å². The van der Waals surface area contributed by atoms with Gasteiger partial charge in [0, 0.05) is 6.54 Å². The van der Waals surface area contributed by atoms with Gasteiger partial charge in [-0.05, 0) is 18.3 Å². The van der Waals surface area contributed by atoms with Crippen LogP contribution in [0.25, 0.3) is 0 Å². The van der Waals surface area contributed by atoms with E-state index < -0.39 is 4.92 Å². The zero-order chi connectivity index (χ0) is 13.2. The van der Waals surface area contributed by atoms with Gasteiger partial charge in [-0.15, -0.1) is 0 Å². The Hall–Kier alpha value is -1.85. The molecule has 0 bridgehead atoms. The lowest BCUT2D eigenvalue weighted by Gasteiger charge is -2.23. The lowest BCUT2D eigenvalue weighted by atomic mass is 9.89. The van der Waals surface area contributed by atoms with Crippen LogP contribution in [-0.4, -0.2) is 16.5 Å². The van der Waals surface area contributed by atoms with Crippen LogP contribution in [0.2, 0.25) is 0 Å². The van der Waals surface area contributed by atoms with Crippen LogP contribution < -0.4 is 11.1 Å². The Kier molecular flexibility index (Phi) is 3.36. The number of rotatable bonds is 4. The first-order valence-corrected chi connectivity index (χ1v) is 6.14. The second kappa shape index (κ2) is 4.80. The third kappa shape index (κ3) is 2.88. The van der Waals surface area contributed by atoms with Crippen molar-refractivity contribution >= 4 is 17.3 Å². The number of anilines is 2. The summed E-state index contributed by atoms with van der Waals surface area (Å²) in [4.78, 5) is 14.3. The highest BCUT2D eigenvalue weighted by molar-refractivity contribution is 5.52. The average Bonchev–Trinajstić information content (AvgIpc) is 2.73. The standard InChI is InChI=1S/C12H18N4O2/c1-12(4-2-3-5-12)8-14-11-7-9(16(17)18)6-10(13)15-11/h6-7H,2-5,8H2,1H3,(H3,13,14,15). The molecule has 2 rings (SSSR count). The highest BCUT2D eigenvalue weighted by Crippen LogP contribution is 2.37. The molecule has 0 radical (unpaired) electrons. The van der Waals surface area contributed by atoms with Gasteiger partial charge >= 0.3 is 0 Å². The molecule has 1 saturated carbocycles. The lowest BCUT2D eigenvalue weighted by Crippen LogP contribution is -2.23. The molecule has 98 valence electrons. The van der Waals surface area contributed by atoms with Crippen molar-refractivity contribution in [2.24, 2.45) is 5.41 Å². The Morgan fingerprint density at radius 1 is 1.50 bits per heavy atom. The predicted molar refractivity (Wildman–Crippen MR) is 70.4 cm³/mol. The van der Waals surface area contributed by atoms with Crippen LogP contribution in [0.5, 0.6) is 0 Å². The molecule has 0 saturated heterocycles. The van der Waals surface area contributed by atoms with E-state index in [0.29, 0.717) is 5.82 Å². The number of nitrogens with two attached hydrogens (primary N) is 1. The Morgan fingerprint density at radius 2 is 2.17 bits per heavy atom. The molecule has 0 unspecified atom stereocenters. The van der Waals surface area contributed by atoms with E-state index in [1.54, 1.807) is 0 Å². The molecule has 6 nitrogen and oxygen atoms in total. The Labute approximate surface area is 106 Å². The summed E-state index contributed by atoms with van der Waals surface area (Å²) in [5.41, 5.74) is 5.80. The summed E-state index contributed by atoms with van der Waals surface area (Å²) in [5, 5.41) is 13.9. The minimum absolute atomic E-state index is 0.0263. The summed E-state index contributed by atoms with van der Waals surface area (Å²) >= 11 is 0. The molecule has 6 heteroatoms. The molecular weight excluding hydrogens is 232 g/mol. The van der Waals surface area contributed by atoms with Crippen LogP contribution in [0.15, 0.2) is 12.1 Å². The molecule has 1 aliphatic carbocycles. The first-order valence-electron chi connectivity index (χ1n) is 6.14. The molecule has 1 heterocycles. The molecule has 0 spiro atoms. The van der Waals surface area contributed by atoms with Gasteiger partial charge in [0.25, 0.3) is 5.69 Å². The fourth-order valence-electron chi connectivity index (χ4n) is 2.44. The molecular formula is C12H18N4O2. The van der Waals surface area contributed by atoms with Crippen molar-refractivity contribution in [2.75, 3.05) is 17.6 Å². The van der Waals surface area contributed by atoms with Gasteiger partial charge in [0.15, 0.2) is 0 Å². The minimum Gasteiger partial charge on any atom is -0.383 e. The Balaban J connectivity index is 2.07. The van der Waals surface area contributed by atoms with E-state index in [0.717, 1.165) is 6.54 Å². The summed E-state index contributed by atoms with van der Waals surface area (Å²) in [7, 11) is 0. The zero-order valence-corrected chi connectivity index (χ0v) is 10.5. The maximum atomic E-state index is 10.7. The molecule has 0 amide bonds. The van der Waals surface area contributed by atoms with Gasteiger partial charge in [-0.3, -0.25) is 10.1 Å². The fraction of sp³-hybridized carbons (Fsp3) is 0.583. The minimum atomic E-state index is -0.458. The highest BCUT2D eigenvalue weighted by atomic mass is 16.6. The van der Waals surface area contributed by atoms with Crippen LogP contribution in [-0.2, 0) is 0 Å². The van der Waals surface area contributed by atoms with Crippen LogP contribution in [0, 0.1) is 15.5 Å². The molecule has 0 aromatic carbocycles. The Morgan fingerprint density at radius 3 is 2.78 bits per heavy atom. The van der Waals surface area contributed by atoms with E-state index in [4.69, 9.17) is 5.73 Å². The van der Waals surface area contributed by atoms with E-state index in [-0.39, 0.29) is 16.9 Å². The number of hydrogen-bond donors (Lipinski definition) is 2. The largest absolute Gasteiger partial charge is 0.383 e. The van der Waals surface area contributed by atoms with Crippen molar-refractivity contribution in [1.82, 2.24) is 4.98 Å². The van der Waals surface area contributed by atoms with E-state index >= 15 is 0 Å². The zero-order valence-electron chi connectivity index (χ0n) is 10.5. The van der Waals surface area contributed by atoms with Crippen molar-refractivity contribution in [3.05, 3.63) is 22.2 Å². The molecule has 18 heavy (non-hydrogen) atoms. The predicted octanol–water partition coefficient (Wildman–Crippen LogP) is 2.56. The molecule has 3 N–H and O–H groups in total. The quantitative estimate of drug-likeness (QED) is 0.632. The van der Waals surface area contributed by atoms with Gasteiger partial charge in [-0.1, -0.05) is 19.8 Å². The van der Waals surface area contributed by atoms with Crippen molar-refractivity contribution in [2.45, 2.75) is 32.6 Å². The Bertz CT molecular complexity index is 455. The van der Waals surface area contributed by atoms with E-state index in [1.807, 2.05) is 0 Å². The van der Waals surface area contributed by atoms with Crippen molar-refractivity contribution in [3.63, 3.8) is 0 Å². The summed E-state index contributed by atoms with van der Waals surface area (Å²) in [6, 6.07) is 2.69. The van der Waals surface area contributed by atoms with Crippen LogP contribution in [0.4, 0.5) is 17.3 Å². The second-order valence-corrected chi connectivity index (χ2v) is 5.26. The third-order valence-electron chi connectivity index (χ3n) is 3.55. The molecule has 1 aromatic rings. The van der Waals surface area contributed by atoms with Gasteiger partial charge in [-0.25, -0.2) is 4.98 Å². The SMILES string of the molecule is CC1(CNc2cc([N+](=O)[O-])cc(N)n2)CCCC1. The number of nitrogens with one attached hydrogen (secondary N) is 1. The number of nitrogens with zero attached hydrogens (tertiary/aromatic N) is 2. The normalized spacial score (nSPS) is 17.6. The lowest BCUT2D eigenvalue weighted by molar-refractivity contribution is -0.384. The number of hydrogen-bond acceptors (Lipinski definition) is 5. The highest BCUT2D eigenvalue weighted by Gasteiger charge is 2.28. The maximum Gasteiger partial charge on any atom is 0.276 e. The monoisotopic (exact) mass is 250 g/mol. The van der Waals surface area contributed by atoms with E-state index in [1.165, 1.54) is 37.8 Å². The third-order valence-corrected chi connectivity index (χ3v) is 3.55. The second-order valence-electron chi connectivity index (χ2n) is 5.26. The van der Waals surface area contributed by atoms with E-state index in [2.05, 4.69) is 17.2 Å². The molecule has 1 fully saturated rings. The molecule has 1 aromatic heterocycles.